The summed E-state index contributed by atoms with van der Waals surface area (Å²) in [6.07, 6.45) is 0. The Hall–Kier alpha value is -2.06. The molecule has 0 spiro atoms. The summed E-state index contributed by atoms with van der Waals surface area (Å²) in [6, 6.07) is 9.90. The molecule has 2 aromatic carbocycles. The Kier molecular flexibility index (Phi) is 6.22. The molecule has 6 nitrogen and oxygen atoms in total. The maximum absolute atomic E-state index is 12.1. The molecule has 1 amide bonds. The first kappa shape index (κ1) is 18.3. The zero-order valence-corrected chi connectivity index (χ0v) is 15.4. The molecule has 0 heterocycles. The number of halogens is 1. The fourth-order valence-electron chi connectivity index (χ4n) is 2.01. The van der Waals surface area contributed by atoms with Crippen LogP contribution in [0.15, 0.2) is 45.8 Å². The van der Waals surface area contributed by atoms with Gasteiger partial charge < -0.3 is 10.1 Å². The average molecular weight is 411 g/mol. The van der Waals surface area contributed by atoms with Crippen LogP contribution < -0.4 is 10.1 Å². The van der Waals surface area contributed by atoms with Crippen molar-refractivity contribution < 1.29 is 14.5 Å². The highest BCUT2D eigenvalue weighted by molar-refractivity contribution is 9.10. The predicted molar refractivity (Wildman–Crippen MR) is 97.9 cm³/mol. The van der Waals surface area contributed by atoms with E-state index in [0.717, 1.165) is 14.9 Å². The third-order valence-electron chi connectivity index (χ3n) is 3.16. The van der Waals surface area contributed by atoms with Gasteiger partial charge in [0.15, 0.2) is 0 Å². The smallest absolute Gasteiger partial charge is 0.271 e. The molecule has 8 heteroatoms. The summed E-state index contributed by atoms with van der Waals surface area (Å²) in [6.45, 7) is 1.97. The molecule has 0 aromatic heterocycles. The van der Waals surface area contributed by atoms with Crippen LogP contribution in [0, 0.1) is 17.0 Å². The first-order valence-corrected chi connectivity index (χ1v) is 8.70. The molecule has 0 saturated heterocycles. The van der Waals surface area contributed by atoms with Crippen LogP contribution in [-0.4, -0.2) is 23.7 Å². The minimum atomic E-state index is -0.519. The fourth-order valence-corrected chi connectivity index (χ4v) is 3.30. The number of thioether (sulfide) groups is 1. The molecule has 2 aromatic rings. The lowest BCUT2D eigenvalue weighted by Gasteiger charge is -2.10. The van der Waals surface area contributed by atoms with Gasteiger partial charge in [0.2, 0.25) is 5.91 Å². The highest BCUT2D eigenvalue weighted by atomic mass is 79.9. The maximum Gasteiger partial charge on any atom is 0.271 e. The number of ether oxygens (including phenoxy) is 1. The largest absolute Gasteiger partial charge is 0.495 e. The van der Waals surface area contributed by atoms with Gasteiger partial charge in [0.25, 0.3) is 5.69 Å². The van der Waals surface area contributed by atoms with Gasteiger partial charge in [0.05, 0.1) is 23.5 Å². The van der Waals surface area contributed by atoms with Gasteiger partial charge in [-0.25, -0.2) is 0 Å². The lowest BCUT2D eigenvalue weighted by molar-refractivity contribution is -0.384. The number of benzene rings is 2. The van der Waals surface area contributed by atoms with Crippen LogP contribution in [0.5, 0.6) is 5.75 Å². The second-order valence-corrected chi connectivity index (χ2v) is 6.82. The van der Waals surface area contributed by atoms with Crippen molar-refractivity contribution in [2.75, 3.05) is 18.2 Å². The van der Waals surface area contributed by atoms with E-state index in [1.165, 1.54) is 37.1 Å². The first-order chi connectivity index (χ1) is 11.4. The van der Waals surface area contributed by atoms with Crippen molar-refractivity contribution in [3.8, 4) is 5.75 Å². The van der Waals surface area contributed by atoms with E-state index in [4.69, 9.17) is 4.74 Å². The van der Waals surface area contributed by atoms with Crippen LogP contribution in [0.4, 0.5) is 11.4 Å². The number of non-ortho nitro benzene ring substituents is 1. The molecule has 0 saturated carbocycles. The number of hydrogen-bond acceptors (Lipinski definition) is 5. The van der Waals surface area contributed by atoms with Gasteiger partial charge in [-0.2, -0.15) is 0 Å². The Bertz CT molecular complexity index is 783. The molecule has 24 heavy (non-hydrogen) atoms. The molecule has 0 aliphatic carbocycles. The number of nitro groups is 1. The summed E-state index contributed by atoms with van der Waals surface area (Å²) >= 11 is 4.80. The van der Waals surface area contributed by atoms with Crippen molar-refractivity contribution in [3.63, 3.8) is 0 Å². The van der Waals surface area contributed by atoms with Gasteiger partial charge in [-0.05, 0) is 36.8 Å². The summed E-state index contributed by atoms with van der Waals surface area (Å²) in [5.74, 6) is 0.300. The lowest BCUT2D eigenvalue weighted by Crippen LogP contribution is -2.15. The normalized spacial score (nSPS) is 10.3. The van der Waals surface area contributed by atoms with Crippen LogP contribution >= 0.6 is 27.7 Å². The third-order valence-corrected chi connectivity index (χ3v) is 4.83. The highest BCUT2D eigenvalue weighted by Crippen LogP contribution is 2.30. The zero-order chi connectivity index (χ0) is 17.7. The van der Waals surface area contributed by atoms with Crippen LogP contribution in [-0.2, 0) is 4.79 Å². The van der Waals surface area contributed by atoms with Crippen molar-refractivity contribution in [1.82, 2.24) is 0 Å². The van der Waals surface area contributed by atoms with Crippen molar-refractivity contribution in [2.24, 2.45) is 0 Å². The monoisotopic (exact) mass is 410 g/mol. The van der Waals surface area contributed by atoms with E-state index in [0.29, 0.717) is 5.75 Å². The molecule has 0 aliphatic rings. The van der Waals surface area contributed by atoms with E-state index in [9.17, 15) is 14.9 Å². The molecule has 0 fully saturated rings. The van der Waals surface area contributed by atoms with Gasteiger partial charge in [-0.3, -0.25) is 14.9 Å². The number of nitrogens with one attached hydrogen (secondary N) is 1. The van der Waals surface area contributed by atoms with Gasteiger partial charge in [0.1, 0.15) is 5.75 Å². The number of hydrogen-bond donors (Lipinski definition) is 1. The Labute approximate surface area is 151 Å². The number of aryl methyl sites for hydroxylation is 1. The first-order valence-electron chi connectivity index (χ1n) is 6.92. The molecular formula is C16H15BrN2O4S. The molecule has 1 N–H and O–H groups in total. The summed E-state index contributed by atoms with van der Waals surface area (Å²) in [5, 5.41) is 13.5. The number of carbonyl (C=O) groups is 1. The molecule has 0 radical (unpaired) electrons. The number of methoxy groups -OCH3 is 1. The third kappa shape index (κ3) is 4.72. The number of nitro benzene ring substituents is 1. The van der Waals surface area contributed by atoms with Gasteiger partial charge in [0, 0.05) is 21.5 Å². The van der Waals surface area contributed by atoms with Crippen LogP contribution in [0.2, 0.25) is 0 Å². The highest BCUT2D eigenvalue weighted by Gasteiger charge is 2.14. The molecule has 0 aliphatic heterocycles. The molecule has 0 atom stereocenters. The van der Waals surface area contributed by atoms with Gasteiger partial charge in [-0.15, -0.1) is 11.8 Å². The lowest BCUT2D eigenvalue weighted by atomic mass is 10.2. The van der Waals surface area contributed by atoms with E-state index >= 15 is 0 Å². The maximum atomic E-state index is 12.1. The van der Waals surface area contributed by atoms with Crippen molar-refractivity contribution >= 4 is 45.0 Å². The molecular weight excluding hydrogens is 396 g/mol. The van der Waals surface area contributed by atoms with Crippen LogP contribution in [0.1, 0.15) is 5.56 Å². The van der Waals surface area contributed by atoms with Crippen LogP contribution in [0.25, 0.3) is 0 Å². The number of rotatable bonds is 6. The number of carbonyl (C=O) groups excluding carboxylic acids is 1. The summed E-state index contributed by atoms with van der Waals surface area (Å²) in [7, 11) is 1.44. The average Bonchev–Trinajstić information content (AvgIpc) is 2.53. The number of nitrogens with zero attached hydrogens (tertiary/aromatic N) is 1. The van der Waals surface area contributed by atoms with E-state index in [-0.39, 0.29) is 23.0 Å². The van der Waals surface area contributed by atoms with Gasteiger partial charge >= 0.3 is 0 Å². The predicted octanol–water partition coefficient (Wildman–Crippen LogP) is 4.41. The van der Waals surface area contributed by atoms with Crippen LogP contribution in [0.3, 0.4) is 0 Å². The quantitative estimate of drug-likeness (QED) is 0.433. The second kappa shape index (κ2) is 8.16. The number of amides is 1. The summed E-state index contributed by atoms with van der Waals surface area (Å²) in [4.78, 5) is 23.5. The standard InChI is InChI=1S/C16H15BrN2O4S/c1-10-7-11(17)3-6-15(10)24-9-16(20)18-13-8-12(19(21)22)4-5-14(13)23-2/h3-8H,9H2,1-2H3,(H,18,20). The topological polar surface area (TPSA) is 81.5 Å². The van der Waals surface area contributed by atoms with Gasteiger partial charge in [-0.1, -0.05) is 15.9 Å². The van der Waals surface area contributed by atoms with E-state index in [1.54, 1.807) is 0 Å². The second-order valence-electron chi connectivity index (χ2n) is 4.89. The summed E-state index contributed by atoms with van der Waals surface area (Å²) in [5.41, 5.74) is 1.24. The SMILES string of the molecule is COc1ccc([N+](=O)[O-])cc1NC(=O)CSc1ccc(Br)cc1C. The van der Waals surface area contributed by atoms with E-state index < -0.39 is 4.92 Å². The van der Waals surface area contributed by atoms with E-state index in [1.807, 2.05) is 25.1 Å². The van der Waals surface area contributed by atoms with E-state index in [2.05, 4.69) is 21.2 Å². The minimum absolute atomic E-state index is 0.109. The van der Waals surface area contributed by atoms with Crippen molar-refractivity contribution in [1.29, 1.82) is 0 Å². The Morgan fingerprint density at radius 3 is 2.71 bits per heavy atom. The fraction of sp³-hybridized carbons (Fsp3) is 0.188. The number of anilines is 1. The zero-order valence-electron chi connectivity index (χ0n) is 13.0. The Morgan fingerprint density at radius 1 is 1.33 bits per heavy atom. The minimum Gasteiger partial charge on any atom is -0.495 e. The van der Waals surface area contributed by atoms with Crippen molar-refractivity contribution in [3.05, 3.63) is 56.5 Å². The molecule has 0 unspecified atom stereocenters. The molecule has 2 rings (SSSR count). The molecule has 0 bridgehead atoms. The summed E-state index contributed by atoms with van der Waals surface area (Å²) < 4.78 is 6.11. The Balaban J connectivity index is 2.06. The van der Waals surface area contributed by atoms with Crippen molar-refractivity contribution in [2.45, 2.75) is 11.8 Å². The Morgan fingerprint density at radius 2 is 2.08 bits per heavy atom. The molecule has 126 valence electrons.